The molecule has 5 rings (SSSR count). The van der Waals surface area contributed by atoms with E-state index in [2.05, 4.69) is 9.89 Å². The van der Waals surface area contributed by atoms with Crippen LogP contribution in [0.1, 0.15) is 29.7 Å². The lowest BCUT2D eigenvalue weighted by Gasteiger charge is -2.20. The molecule has 0 atom stereocenters. The van der Waals surface area contributed by atoms with Crippen LogP contribution >= 0.6 is 0 Å². The molecule has 0 spiro atoms. The van der Waals surface area contributed by atoms with Gasteiger partial charge in [0.15, 0.2) is 5.70 Å². The zero-order chi connectivity index (χ0) is 21.4. The number of para-hydroxylation sites is 1. The first-order chi connectivity index (χ1) is 15.1. The molecule has 3 aromatic rings. The van der Waals surface area contributed by atoms with Gasteiger partial charge >= 0.3 is 5.97 Å². The fourth-order valence-corrected chi connectivity index (χ4v) is 3.97. The van der Waals surface area contributed by atoms with Gasteiger partial charge < -0.3 is 9.64 Å². The highest BCUT2D eigenvalue weighted by atomic mass is 19.1. The van der Waals surface area contributed by atoms with E-state index in [4.69, 9.17) is 9.84 Å². The molecule has 1 fully saturated rings. The Balaban J connectivity index is 1.62. The fraction of sp³-hybridized carbons (Fsp3) is 0.208. The summed E-state index contributed by atoms with van der Waals surface area (Å²) in [6.45, 7) is 3.75. The maximum atomic E-state index is 14.1. The van der Waals surface area contributed by atoms with E-state index in [0.717, 1.165) is 48.7 Å². The van der Waals surface area contributed by atoms with Crippen molar-refractivity contribution in [1.82, 2.24) is 9.78 Å². The molecule has 7 heteroatoms. The molecule has 3 heterocycles. The molecule has 1 aromatic heterocycles. The molecule has 156 valence electrons. The van der Waals surface area contributed by atoms with Crippen LogP contribution in [-0.2, 0) is 9.53 Å². The summed E-state index contributed by atoms with van der Waals surface area (Å²) in [5.41, 5.74) is 2.84. The molecule has 2 aliphatic rings. The van der Waals surface area contributed by atoms with E-state index < -0.39 is 11.8 Å². The number of esters is 1. The highest BCUT2D eigenvalue weighted by Gasteiger charge is 2.29. The third-order valence-electron chi connectivity index (χ3n) is 5.49. The van der Waals surface area contributed by atoms with Gasteiger partial charge in [-0.25, -0.2) is 18.9 Å². The zero-order valence-electron chi connectivity index (χ0n) is 17.1. The van der Waals surface area contributed by atoms with Crippen molar-refractivity contribution in [3.63, 3.8) is 0 Å². The summed E-state index contributed by atoms with van der Waals surface area (Å²) in [4.78, 5) is 19.1. The van der Waals surface area contributed by atoms with Crippen LogP contribution in [-0.4, -0.2) is 34.7 Å². The van der Waals surface area contributed by atoms with Crippen LogP contribution in [0.25, 0.3) is 11.8 Å². The molecule has 0 N–H and O–H groups in total. The van der Waals surface area contributed by atoms with Crippen LogP contribution in [0.4, 0.5) is 10.2 Å². The monoisotopic (exact) mass is 416 g/mol. The summed E-state index contributed by atoms with van der Waals surface area (Å²) in [6.07, 6.45) is 3.91. The van der Waals surface area contributed by atoms with Crippen molar-refractivity contribution in [2.45, 2.75) is 19.8 Å². The lowest BCUT2D eigenvalue weighted by Crippen LogP contribution is -2.22. The van der Waals surface area contributed by atoms with Crippen molar-refractivity contribution >= 4 is 23.8 Å². The number of hydrogen-bond donors (Lipinski definition) is 0. The second kappa shape index (κ2) is 7.83. The first kappa shape index (κ1) is 19.2. The van der Waals surface area contributed by atoms with E-state index in [-0.39, 0.29) is 17.2 Å². The zero-order valence-corrected chi connectivity index (χ0v) is 17.1. The first-order valence-electron chi connectivity index (χ1n) is 10.3. The number of aromatic nitrogens is 2. The second-order valence-corrected chi connectivity index (χ2v) is 7.58. The van der Waals surface area contributed by atoms with Crippen LogP contribution in [0.2, 0.25) is 0 Å². The minimum absolute atomic E-state index is 0.0230. The largest absolute Gasteiger partial charge is 0.402 e. The summed E-state index contributed by atoms with van der Waals surface area (Å²) in [6, 6.07) is 16.0. The highest BCUT2D eigenvalue weighted by molar-refractivity contribution is 6.13. The molecule has 0 saturated carbocycles. The predicted octanol–water partition coefficient (Wildman–Crippen LogP) is 4.26. The lowest BCUT2D eigenvalue weighted by molar-refractivity contribution is -0.129. The molecule has 0 aliphatic carbocycles. The Morgan fingerprint density at radius 3 is 2.48 bits per heavy atom. The number of halogens is 1. The first-order valence-corrected chi connectivity index (χ1v) is 10.3. The number of benzene rings is 2. The van der Waals surface area contributed by atoms with E-state index in [1.54, 1.807) is 24.3 Å². The number of hydrogen-bond acceptors (Lipinski definition) is 5. The topological polar surface area (TPSA) is 59.7 Å². The molecule has 1 saturated heterocycles. The molecular formula is C24H21FN4O2. The van der Waals surface area contributed by atoms with Gasteiger partial charge in [-0.2, -0.15) is 5.10 Å². The van der Waals surface area contributed by atoms with Gasteiger partial charge in [-0.1, -0.05) is 30.3 Å². The SMILES string of the molecule is Cc1nn(-c2ccccc2)c(N2CCCC2)c1/C=C1\N=C(c2ccccc2F)OC1=O. The van der Waals surface area contributed by atoms with Gasteiger partial charge in [0.2, 0.25) is 5.90 Å². The van der Waals surface area contributed by atoms with Crippen molar-refractivity contribution in [1.29, 1.82) is 0 Å². The van der Waals surface area contributed by atoms with E-state index >= 15 is 0 Å². The standard InChI is InChI=1S/C24H21FN4O2/c1-16-19(15-21-24(30)31-22(26-21)18-11-5-6-12-20(18)25)23(28-13-7-8-14-28)29(27-16)17-9-3-2-4-10-17/h2-6,9-12,15H,7-8,13-14H2,1H3/b21-15-. The quantitative estimate of drug-likeness (QED) is 0.471. The van der Waals surface area contributed by atoms with Crippen molar-refractivity contribution in [2.24, 2.45) is 4.99 Å². The Labute approximate surface area is 179 Å². The highest BCUT2D eigenvalue weighted by Crippen LogP contribution is 2.33. The Morgan fingerprint density at radius 1 is 1.03 bits per heavy atom. The number of rotatable bonds is 4. The number of anilines is 1. The number of nitrogens with zero attached hydrogens (tertiary/aromatic N) is 4. The Bertz CT molecular complexity index is 1210. The molecule has 2 aromatic carbocycles. The van der Waals surface area contributed by atoms with Crippen LogP contribution in [0.3, 0.4) is 0 Å². The van der Waals surface area contributed by atoms with Gasteiger partial charge in [0, 0.05) is 18.7 Å². The summed E-state index contributed by atoms with van der Waals surface area (Å²) < 4.78 is 21.3. The molecule has 6 nitrogen and oxygen atoms in total. The minimum atomic E-state index is -0.600. The fourth-order valence-electron chi connectivity index (χ4n) is 3.97. The van der Waals surface area contributed by atoms with E-state index in [9.17, 15) is 9.18 Å². The third kappa shape index (κ3) is 3.52. The summed E-state index contributed by atoms with van der Waals surface area (Å²) >= 11 is 0. The van der Waals surface area contributed by atoms with Gasteiger partial charge in [0.1, 0.15) is 11.6 Å². The van der Waals surface area contributed by atoms with Crippen molar-refractivity contribution in [2.75, 3.05) is 18.0 Å². The molecule has 0 bridgehead atoms. The Kier molecular flexibility index (Phi) is 4.86. The molecule has 0 unspecified atom stereocenters. The summed E-state index contributed by atoms with van der Waals surface area (Å²) in [5.74, 6) is -0.181. The normalized spacial score (nSPS) is 17.4. The van der Waals surface area contributed by atoms with Gasteiger partial charge in [0.05, 0.1) is 16.9 Å². The van der Waals surface area contributed by atoms with Gasteiger partial charge in [0.25, 0.3) is 0 Å². The summed E-state index contributed by atoms with van der Waals surface area (Å²) in [7, 11) is 0. The summed E-state index contributed by atoms with van der Waals surface area (Å²) in [5, 5.41) is 4.75. The lowest BCUT2D eigenvalue weighted by atomic mass is 10.2. The van der Waals surface area contributed by atoms with E-state index in [0.29, 0.717) is 0 Å². The van der Waals surface area contributed by atoms with Crippen molar-refractivity contribution in [3.05, 3.63) is 82.9 Å². The second-order valence-electron chi connectivity index (χ2n) is 7.58. The van der Waals surface area contributed by atoms with Crippen molar-refractivity contribution < 1.29 is 13.9 Å². The van der Waals surface area contributed by atoms with E-state index in [1.165, 1.54) is 6.07 Å². The Morgan fingerprint density at radius 2 is 1.74 bits per heavy atom. The number of ether oxygens (including phenoxy) is 1. The average Bonchev–Trinajstić information content (AvgIpc) is 3.50. The molecule has 2 aliphatic heterocycles. The number of aryl methyl sites for hydroxylation is 1. The number of aliphatic imine (C=N–C) groups is 1. The van der Waals surface area contributed by atoms with Gasteiger partial charge in [-0.15, -0.1) is 0 Å². The van der Waals surface area contributed by atoms with Crippen LogP contribution in [0.15, 0.2) is 65.3 Å². The molecule has 31 heavy (non-hydrogen) atoms. The number of cyclic esters (lactones) is 1. The predicted molar refractivity (Wildman–Crippen MR) is 117 cm³/mol. The Hall–Kier alpha value is -3.74. The van der Waals surface area contributed by atoms with Gasteiger partial charge in [-0.05, 0) is 50.1 Å². The minimum Gasteiger partial charge on any atom is -0.402 e. The molecular weight excluding hydrogens is 395 g/mol. The molecule has 0 amide bonds. The van der Waals surface area contributed by atoms with Gasteiger partial charge in [-0.3, -0.25) is 0 Å². The average molecular weight is 416 g/mol. The number of carbonyl (C=O) groups excluding carboxylic acids is 1. The maximum Gasteiger partial charge on any atom is 0.363 e. The van der Waals surface area contributed by atoms with Crippen LogP contribution < -0.4 is 4.90 Å². The van der Waals surface area contributed by atoms with Crippen LogP contribution in [0.5, 0.6) is 0 Å². The van der Waals surface area contributed by atoms with E-state index in [1.807, 2.05) is 41.9 Å². The van der Waals surface area contributed by atoms with Crippen molar-refractivity contribution in [3.8, 4) is 5.69 Å². The van der Waals surface area contributed by atoms with Crippen LogP contribution in [0, 0.1) is 12.7 Å². The smallest absolute Gasteiger partial charge is 0.363 e. The maximum absolute atomic E-state index is 14.1. The number of carbonyl (C=O) groups is 1. The molecule has 0 radical (unpaired) electrons. The third-order valence-corrected chi connectivity index (χ3v) is 5.49.